The molecule has 0 N–H and O–H groups in total. The lowest BCUT2D eigenvalue weighted by Crippen LogP contribution is -2.42. The fraction of sp³-hybridized carbons (Fsp3) is 0.562. The zero-order valence-electron chi connectivity index (χ0n) is 12.0. The summed E-state index contributed by atoms with van der Waals surface area (Å²) in [6, 6.07) is 9.72. The number of hydrogen-bond acceptors (Lipinski definition) is 4. The summed E-state index contributed by atoms with van der Waals surface area (Å²) in [6.07, 6.45) is 1.33. The van der Waals surface area contributed by atoms with Crippen molar-refractivity contribution in [2.24, 2.45) is 5.41 Å². The molecule has 110 valence electrons. The molecule has 0 bridgehead atoms. The second kappa shape index (κ2) is 7.41. The summed E-state index contributed by atoms with van der Waals surface area (Å²) in [5, 5.41) is 0. The van der Waals surface area contributed by atoms with E-state index in [4.69, 9.17) is 14.2 Å². The van der Waals surface area contributed by atoms with Crippen LogP contribution in [-0.4, -0.2) is 32.4 Å². The van der Waals surface area contributed by atoms with E-state index in [2.05, 4.69) is 0 Å². The molecule has 1 saturated heterocycles. The standard InChI is InChI=1S/C16H22O4/c1-2-18-13-16(8-10-19-11-9-16)15(17)20-12-14-6-4-3-5-7-14/h3-7H,2,8-13H2,1H3. The van der Waals surface area contributed by atoms with Crippen molar-refractivity contribution in [3.05, 3.63) is 35.9 Å². The van der Waals surface area contributed by atoms with Gasteiger partial charge in [-0.15, -0.1) is 0 Å². The van der Waals surface area contributed by atoms with Crippen molar-refractivity contribution in [1.29, 1.82) is 0 Å². The first-order chi connectivity index (χ1) is 9.77. The van der Waals surface area contributed by atoms with Crippen LogP contribution in [0.5, 0.6) is 0 Å². The van der Waals surface area contributed by atoms with E-state index < -0.39 is 5.41 Å². The maximum absolute atomic E-state index is 12.4. The highest BCUT2D eigenvalue weighted by Gasteiger charge is 2.41. The summed E-state index contributed by atoms with van der Waals surface area (Å²) in [7, 11) is 0. The van der Waals surface area contributed by atoms with Gasteiger partial charge in [0.05, 0.1) is 12.0 Å². The van der Waals surface area contributed by atoms with E-state index >= 15 is 0 Å². The van der Waals surface area contributed by atoms with Crippen LogP contribution in [0.25, 0.3) is 0 Å². The van der Waals surface area contributed by atoms with E-state index in [0.717, 1.165) is 5.56 Å². The van der Waals surface area contributed by atoms with Crippen molar-refractivity contribution in [2.45, 2.75) is 26.4 Å². The summed E-state index contributed by atoms with van der Waals surface area (Å²) < 4.78 is 16.3. The van der Waals surface area contributed by atoms with Crippen LogP contribution in [0.1, 0.15) is 25.3 Å². The number of carbonyl (C=O) groups is 1. The molecule has 0 amide bonds. The van der Waals surface area contributed by atoms with Crippen molar-refractivity contribution >= 4 is 5.97 Å². The number of benzene rings is 1. The van der Waals surface area contributed by atoms with Crippen LogP contribution in [0.15, 0.2) is 30.3 Å². The van der Waals surface area contributed by atoms with Crippen LogP contribution < -0.4 is 0 Å². The van der Waals surface area contributed by atoms with E-state index in [1.54, 1.807) is 0 Å². The van der Waals surface area contributed by atoms with Gasteiger partial charge in [0, 0.05) is 19.8 Å². The normalized spacial score (nSPS) is 17.6. The van der Waals surface area contributed by atoms with Gasteiger partial charge in [0.15, 0.2) is 0 Å². The molecule has 0 atom stereocenters. The lowest BCUT2D eigenvalue weighted by atomic mass is 9.81. The summed E-state index contributed by atoms with van der Waals surface area (Å²) in [5.41, 5.74) is 0.461. The van der Waals surface area contributed by atoms with Gasteiger partial charge in [-0.2, -0.15) is 0 Å². The zero-order valence-corrected chi connectivity index (χ0v) is 12.0. The molecule has 0 aromatic heterocycles. The highest BCUT2D eigenvalue weighted by molar-refractivity contribution is 5.77. The van der Waals surface area contributed by atoms with Gasteiger partial charge in [0.25, 0.3) is 0 Å². The quantitative estimate of drug-likeness (QED) is 0.750. The first-order valence-corrected chi connectivity index (χ1v) is 7.13. The van der Waals surface area contributed by atoms with Crippen LogP contribution in [0, 0.1) is 5.41 Å². The molecule has 1 aromatic rings. The van der Waals surface area contributed by atoms with Gasteiger partial charge in [0.1, 0.15) is 6.61 Å². The smallest absolute Gasteiger partial charge is 0.314 e. The van der Waals surface area contributed by atoms with Crippen LogP contribution in [0.3, 0.4) is 0 Å². The Balaban J connectivity index is 1.95. The third-order valence-corrected chi connectivity index (χ3v) is 3.68. The molecule has 4 nitrogen and oxygen atoms in total. The van der Waals surface area contributed by atoms with Crippen molar-refractivity contribution < 1.29 is 19.0 Å². The molecule has 0 saturated carbocycles. The number of carbonyl (C=O) groups excluding carboxylic acids is 1. The van der Waals surface area contributed by atoms with Crippen molar-refractivity contribution in [1.82, 2.24) is 0 Å². The second-order valence-electron chi connectivity index (χ2n) is 5.09. The molecule has 1 aromatic carbocycles. The molecule has 1 aliphatic rings. The Hall–Kier alpha value is -1.39. The van der Waals surface area contributed by atoms with Gasteiger partial charge < -0.3 is 14.2 Å². The van der Waals surface area contributed by atoms with Crippen LogP contribution in [0.4, 0.5) is 0 Å². The monoisotopic (exact) mass is 278 g/mol. The fourth-order valence-corrected chi connectivity index (χ4v) is 2.34. The minimum Gasteiger partial charge on any atom is -0.460 e. The molecular formula is C16H22O4. The molecule has 4 heteroatoms. The summed E-state index contributed by atoms with van der Waals surface area (Å²) >= 11 is 0. The number of esters is 1. The SMILES string of the molecule is CCOCC1(C(=O)OCc2ccccc2)CCOCC1. The van der Waals surface area contributed by atoms with E-state index in [1.807, 2.05) is 37.3 Å². The predicted molar refractivity (Wildman–Crippen MR) is 75.2 cm³/mol. The highest BCUT2D eigenvalue weighted by atomic mass is 16.5. The molecule has 20 heavy (non-hydrogen) atoms. The Kier molecular flexibility index (Phi) is 5.56. The Morgan fingerprint density at radius 1 is 1.25 bits per heavy atom. The summed E-state index contributed by atoms with van der Waals surface area (Å²) in [6.45, 7) is 4.45. The molecule has 0 aliphatic carbocycles. The Morgan fingerprint density at radius 3 is 2.60 bits per heavy atom. The Labute approximate surface area is 120 Å². The van der Waals surface area contributed by atoms with Gasteiger partial charge in [-0.25, -0.2) is 0 Å². The lowest BCUT2D eigenvalue weighted by Gasteiger charge is -2.34. The molecule has 1 fully saturated rings. The first-order valence-electron chi connectivity index (χ1n) is 7.13. The van der Waals surface area contributed by atoms with Crippen LogP contribution in [-0.2, 0) is 25.6 Å². The Morgan fingerprint density at radius 2 is 1.95 bits per heavy atom. The minimum absolute atomic E-state index is 0.168. The van der Waals surface area contributed by atoms with Gasteiger partial charge in [-0.3, -0.25) is 4.79 Å². The third-order valence-electron chi connectivity index (χ3n) is 3.68. The van der Waals surface area contributed by atoms with Crippen LogP contribution in [0.2, 0.25) is 0 Å². The molecule has 1 aliphatic heterocycles. The molecule has 0 spiro atoms. The summed E-state index contributed by atoms with van der Waals surface area (Å²) in [5.74, 6) is -0.168. The molecule has 0 radical (unpaired) electrons. The minimum atomic E-state index is -0.539. The average molecular weight is 278 g/mol. The van der Waals surface area contributed by atoms with Crippen molar-refractivity contribution in [3.63, 3.8) is 0 Å². The molecule has 0 unspecified atom stereocenters. The molecular weight excluding hydrogens is 256 g/mol. The number of ether oxygens (including phenoxy) is 3. The van der Waals surface area contributed by atoms with Gasteiger partial charge in [-0.05, 0) is 25.3 Å². The molecule has 2 rings (SSSR count). The van der Waals surface area contributed by atoms with E-state index in [1.165, 1.54) is 0 Å². The maximum Gasteiger partial charge on any atom is 0.314 e. The largest absolute Gasteiger partial charge is 0.460 e. The average Bonchev–Trinajstić information content (AvgIpc) is 2.52. The predicted octanol–water partition coefficient (Wildman–Crippen LogP) is 2.56. The number of rotatable bonds is 6. The van der Waals surface area contributed by atoms with Gasteiger partial charge in [0.2, 0.25) is 0 Å². The van der Waals surface area contributed by atoms with Crippen molar-refractivity contribution in [3.8, 4) is 0 Å². The van der Waals surface area contributed by atoms with E-state index in [0.29, 0.717) is 45.9 Å². The van der Waals surface area contributed by atoms with E-state index in [9.17, 15) is 4.79 Å². The summed E-state index contributed by atoms with van der Waals surface area (Å²) in [4.78, 5) is 12.4. The maximum atomic E-state index is 12.4. The first kappa shape index (κ1) is 15.0. The Bertz CT molecular complexity index is 410. The topological polar surface area (TPSA) is 44.8 Å². The third kappa shape index (κ3) is 3.81. The highest BCUT2D eigenvalue weighted by Crippen LogP contribution is 2.32. The van der Waals surface area contributed by atoms with Crippen LogP contribution >= 0.6 is 0 Å². The fourth-order valence-electron chi connectivity index (χ4n) is 2.34. The number of hydrogen-bond donors (Lipinski definition) is 0. The lowest BCUT2D eigenvalue weighted by molar-refractivity contribution is -0.168. The molecule has 1 heterocycles. The van der Waals surface area contributed by atoms with Crippen molar-refractivity contribution in [2.75, 3.05) is 26.4 Å². The van der Waals surface area contributed by atoms with E-state index in [-0.39, 0.29) is 5.97 Å². The second-order valence-corrected chi connectivity index (χ2v) is 5.09. The van der Waals surface area contributed by atoms with Gasteiger partial charge in [-0.1, -0.05) is 30.3 Å². The zero-order chi connectivity index (χ0) is 14.3. The van der Waals surface area contributed by atoms with Gasteiger partial charge >= 0.3 is 5.97 Å².